The van der Waals surface area contributed by atoms with E-state index in [1.54, 1.807) is 0 Å². The van der Waals surface area contributed by atoms with E-state index in [1.807, 2.05) is 20.8 Å². The number of hydrogen-bond acceptors (Lipinski definition) is 5. The lowest BCUT2D eigenvalue weighted by atomic mass is 9.96. The number of hydrogen-bond donors (Lipinski definition) is 0. The maximum absolute atomic E-state index is 12.7. The second-order valence-corrected chi connectivity index (χ2v) is 8.39. The quantitative estimate of drug-likeness (QED) is 0.827. The van der Waals surface area contributed by atoms with E-state index in [-0.39, 0.29) is 11.3 Å². The predicted molar refractivity (Wildman–Crippen MR) is 93.8 cm³/mol. The minimum absolute atomic E-state index is 0.133. The van der Waals surface area contributed by atoms with Crippen LogP contribution >= 0.6 is 0 Å². The molecule has 1 atom stereocenters. The summed E-state index contributed by atoms with van der Waals surface area (Å²) in [6.07, 6.45) is 2.00. The largest absolute Gasteiger partial charge is 0.339 e. The second-order valence-electron chi connectivity index (χ2n) is 8.39. The first-order valence-corrected chi connectivity index (χ1v) is 8.98. The fraction of sp³-hybridized carbons (Fsp3) is 0.833. The molecule has 6 nitrogen and oxygen atoms in total. The summed E-state index contributed by atoms with van der Waals surface area (Å²) in [4.78, 5) is 21.5. The average Bonchev–Trinajstić information content (AvgIpc) is 2.93. The van der Waals surface area contributed by atoms with Crippen LogP contribution in [0.1, 0.15) is 59.2 Å². The number of amides is 1. The molecule has 1 fully saturated rings. The summed E-state index contributed by atoms with van der Waals surface area (Å²) in [5, 5.41) is 4.02. The molecule has 1 saturated heterocycles. The van der Waals surface area contributed by atoms with Crippen molar-refractivity contribution in [3.05, 3.63) is 11.7 Å². The third-order valence-electron chi connectivity index (χ3n) is 4.44. The van der Waals surface area contributed by atoms with Gasteiger partial charge in [0, 0.05) is 43.9 Å². The smallest absolute Gasteiger partial charge is 0.227 e. The van der Waals surface area contributed by atoms with Crippen molar-refractivity contribution < 1.29 is 9.32 Å². The zero-order valence-corrected chi connectivity index (χ0v) is 16.0. The number of piperazine rings is 1. The van der Waals surface area contributed by atoms with E-state index >= 15 is 0 Å². The van der Waals surface area contributed by atoms with Gasteiger partial charge in [-0.3, -0.25) is 4.79 Å². The Labute approximate surface area is 145 Å². The van der Waals surface area contributed by atoms with E-state index in [2.05, 4.69) is 40.8 Å². The molecule has 1 aliphatic heterocycles. The standard InChI is InChI=1S/C18H32N4O2/c1-13(2)11-14-12-21(6)9-10-22(14)16(23)8-7-15-19-17(20-24-15)18(3,4)5/h13-14H,7-12H2,1-6H3. The zero-order chi connectivity index (χ0) is 17.9. The number of carbonyl (C=O) groups is 1. The molecule has 0 N–H and O–H groups in total. The molecule has 1 aliphatic rings. The van der Waals surface area contributed by atoms with E-state index in [0.29, 0.717) is 36.5 Å². The minimum atomic E-state index is -0.133. The summed E-state index contributed by atoms with van der Waals surface area (Å²) < 4.78 is 5.30. The van der Waals surface area contributed by atoms with Crippen molar-refractivity contribution in [2.45, 2.75) is 65.3 Å². The molecule has 0 aromatic carbocycles. The highest BCUT2D eigenvalue weighted by atomic mass is 16.5. The van der Waals surface area contributed by atoms with Crippen LogP contribution < -0.4 is 0 Å². The predicted octanol–water partition coefficient (Wildman–Crippen LogP) is 2.49. The molecule has 136 valence electrons. The van der Waals surface area contributed by atoms with Crippen LogP contribution in [0.4, 0.5) is 0 Å². The Hall–Kier alpha value is -1.43. The van der Waals surface area contributed by atoms with Crippen molar-refractivity contribution in [2.75, 3.05) is 26.7 Å². The van der Waals surface area contributed by atoms with Crippen molar-refractivity contribution in [3.8, 4) is 0 Å². The van der Waals surface area contributed by atoms with Gasteiger partial charge in [0.05, 0.1) is 0 Å². The lowest BCUT2D eigenvalue weighted by Gasteiger charge is -2.41. The molecule has 2 rings (SSSR count). The summed E-state index contributed by atoms with van der Waals surface area (Å²) in [6.45, 7) is 13.3. The highest BCUT2D eigenvalue weighted by Gasteiger charge is 2.29. The van der Waals surface area contributed by atoms with Gasteiger partial charge < -0.3 is 14.3 Å². The normalized spacial score (nSPS) is 20.0. The summed E-state index contributed by atoms with van der Waals surface area (Å²) in [7, 11) is 2.13. The summed E-state index contributed by atoms with van der Waals surface area (Å²) >= 11 is 0. The van der Waals surface area contributed by atoms with Crippen molar-refractivity contribution >= 4 is 5.91 Å². The van der Waals surface area contributed by atoms with Crippen LogP contribution in [0.2, 0.25) is 0 Å². The number of aryl methyl sites for hydroxylation is 1. The van der Waals surface area contributed by atoms with Gasteiger partial charge in [-0.1, -0.05) is 39.8 Å². The Morgan fingerprint density at radius 1 is 1.33 bits per heavy atom. The van der Waals surface area contributed by atoms with Crippen LogP contribution in [0.3, 0.4) is 0 Å². The molecular formula is C18H32N4O2. The van der Waals surface area contributed by atoms with Crippen LogP contribution in [0.15, 0.2) is 4.52 Å². The molecule has 0 saturated carbocycles. The van der Waals surface area contributed by atoms with Crippen LogP contribution in [-0.2, 0) is 16.6 Å². The second kappa shape index (κ2) is 7.64. The first-order valence-electron chi connectivity index (χ1n) is 8.98. The van der Waals surface area contributed by atoms with Crippen molar-refractivity contribution in [1.82, 2.24) is 19.9 Å². The third-order valence-corrected chi connectivity index (χ3v) is 4.44. The summed E-state index contributed by atoms with van der Waals surface area (Å²) in [5.41, 5.74) is -0.133. The Bertz CT molecular complexity index is 545. The lowest BCUT2D eigenvalue weighted by Crippen LogP contribution is -2.54. The maximum atomic E-state index is 12.7. The first-order chi connectivity index (χ1) is 11.2. The van der Waals surface area contributed by atoms with Crippen molar-refractivity contribution in [3.63, 3.8) is 0 Å². The van der Waals surface area contributed by atoms with Crippen molar-refractivity contribution in [2.24, 2.45) is 5.92 Å². The molecule has 6 heteroatoms. The molecule has 2 heterocycles. The van der Waals surface area contributed by atoms with Gasteiger partial charge in [0.2, 0.25) is 11.8 Å². The Morgan fingerprint density at radius 3 is 2.62 bits per heavy atom. The zero-order valence-electron chi connectivity index (χ0n) is 16.0. The Balaban J connectivity index is 1.94. The monoisotopic (exact) mass is 336 g/mol. The highest BCUT2D eigenvalue weighted by molar-refractivity contribution is 5.76. The van der Waals surface area contributed by atoms with Crippen LogP contribution in [-0.4, -0.2) is 58.6 Å². The fourth-order valence-electron chi connectivity index (χ4n) is 3.10. The molecule has 0 radical (unpaired) electrons. The van der Waals surface area contributed by atoms with Gasteiger partial charge in [-0.15, -0.1) is 0 Å². The molecule has 0 spiro atoms. The molecule has 1 aromatic heterocycles. The molecule has 0 bridgehead atoms. The number of likely N-dealkylation sites (N-methyl/N-ethyl adjacent to an activating group) is 1. The first kappa shape index (κ1) is 18.9. The topological polar surface area (TPSA) is 62.5 Å². The van der Waals surface area contributed by atoms with Gasteiger partial charge in [0.15, 0.2) is 5.82 Å². The maximum Gasteiger partial charge on any atom is 0.227 e. The Kier molecular flexibility index (Phi) is 6.01. The van der Waals surface area contributed by atoms with Crippen LogP contribution in [0, 0.1) is 5.92 Å². The molecule has 1 amide bonds. The average molecular weight is 336 g/mol. The van der Waals surface area contributed by atoms with Gasteiger partial charge in [-0.2, -0.15) is 4.98 Å². The number of rotatable bonds is 5. The van der Waals surface area contributed by atoms with E-state index in [1.165, 1.54) is 0 Å². The Morgan fingerprint density at radius 2 is 2.04 bits per heavy atom. The fourth-order valence-corrected chi connectivity index (χ4v) is 3.10. The van der Waals surface area contributed by atoms with E-state index < -0.39 is 0 Å². The SMILES string of the molecule is CC(C)CC1CN(C)CCN1C(=O)CCc1nc(C(C)(C)C)no1. The molecular weight excluding hydrogens is 304 g/mol. The molecule has 24 heavy (non-hydrogen) atoms. The van der Waals surface area contributed by atoms with E-state index in [4.69, 9.17) is 4.52 Å². The lowest BCUT2D eigenvalue weighted by molar-refractivity contribution is -0.136. The van der Waals surface area contributed by atoms with Gasteiger partial charge >= 0.3 is 0 Å². The summed E-state index contributed by atoms with van der Waals surface area (Å²) in [6, 6.07) is 0.309. The van der Waals surface area contributed by atoms with E-state index in [9.17, 15) is 4.79 Å². The van der Waals surface area contributed by atoms with Crippen LogP contribution in [0.5, 0.6) is 0 Å². The van der Waals surface area contributed by atoms with E-state index in [0.717, 1.165) is 26.1 Å². The number of nitrogens with zero attached hydrogens (tertiary/aromatic N) is 4. The number of carbonyl (C=O) groups excluding carboxylic acids is 1. The highest BCUT2D eigenvalue weighted by Crippen LogP contribution is 2.20. The molecule has 0 aliphatic carbocycles. The third kappa shape index (κ3) is 5.03. The molecule has 1 unspecified atom stereocenters. The van der Waals surface area contributed by atoms with Gasteiger partial charge in [0.1, 0.15) is 0 Å². The van der Waals surface area contributed by atoms with Gasteiger partial charge in [0.25, 0.3) is 0 Å². The molecule has 1 aromatic rings. The number of aromatic nitrogens is 2. The van der Waals surface area contributed by atoms with Crippen LogP contribution in [0.25, 0.3) is 0 Å². The van der Waals surface area contributed by atoms with Gasteiger partial charge in [-0.05, 0) is 19.4 Å². The van der Waals surface area contributed by atoms with Crippen molar-refractivity contribution in [1.29, 1.82) is 0 Å². The minimum Gasteiger partial charge on any atom is -0.339 e. The summed E-state index contributed by atoms with van der Waals surface area (Å²) in [5.74, 6) is 2.04. The van der Waals surface area contributed by atoms with Gasteiger partial charge in [-0.25, -0.2) is 0 Å².